The molecule has 0 atom stereocenters. The minimum absolute atomic E-state index is 0.732. The number of hydrogen-bond acceptors (Lipinski definition) is 2. The molecule has 0 amide bonds. The topological polar surface area (TPSA) is 57.4 Å². The fourth-order valence-corrected chi connectivity index (χ4v) is 3.35. The molecular weight excluding hydrogens is 308 g/mol. The molecule has 2 aromatic carbocycles. The molecule has 3 aromatic heterocycles. The normalized spacial score (nSPS) is 11.4. The molecule has 2 N–H and O–H groups in total. The zero-order valence-electron chi connectivity index (χ0n) is 13.7. The first kappa shape index (κ1) is 14.0. The van der Waals surface area contributed by atoms with E-state index in [0.717, 1.165) is 33.7 Å². The maximum Gasteiger partial charge on any atom is 0.159 e. The molecule has 0 radical (unpaired) electrons. The van der Waals surface area contributed by atoms with Gasteiger partial charge in [-0.2, -0.15) is 0 Å². The summed E-state index contributed by atoms with van der Waals surface area (Å²) in [7, 11) is 0. The molecule has 4 heteroatoms. The van der Waals surface area contributed by atoms with Gasteiger partial charge in [0.2, 0.25) is 0 Å². The molecule has 0 unspecified atom stereocenters. The Morgan fingerprint density at radius 2 is 1.92 bits per heavy atom. The van der Waals surface area contributed by atoms with Gasteiger partial charge in [-0.15, -0.1) is 0 Å². The van der Waals surface area contributed by atoms with Gasteiger partial charge in [-0.05, 0) is 36.1 Å². The molecule has 0 fully saturated rings. The highest BCUT2D eigenvalue weighted by atomic mass is 14.9. The summed E-state index contributed by atoms with van der Waals surface area (Å²) in [6.45, 7) is 2.11. The number of rotatable bonds is 2. The van der Waals surface area contributed by atoms with E-state index >= 15 is 0 Å². The third-order valence-corrected chi connectivity index (χ3v) is 4.67. The highest BCUT2D eigenvalue weighted by Crippen LogP contribution is 2.30. The average Bonchev–Trinajstić information content (AvgIpc) is 3.28. The predicted octanol–water partition coefficient (Wildman–Crippen LogP) is 5.08. The molecule has 4 nitrogen and oxygen atoms in total. The van der Waals surface area contributed by atoms with Crippen LogP contribution in [-0.4, -0.2) is 19.9 Å². The van der Waals surface area contributed by atoms with E-state index in [1.54, 1.807) is 0 Å². The van der Waals surface area contributed by atoms with Gasteiger partial charge >= 0.3 is 0 Å². The van der Waals surface area contributed by atoms with Gasteiger partial charge in [0.15, 0.2) is 5.82 Å². The monoisotopic (exact) mass is 324 g/mol. The van der Waals surface area contributed by atoms with Gasteiger partial charge in [0.25, 0.3) is 0 Å². The average molecular weight is 324 g/mol. The Morgan fingerprint density at radius 1 is 0.960 bits per heavy atom. The molecule has 5 aromatic rings. The number of nitrogens with one attached hydrogen (secondary N) is 2. The molecule has 0 aliphatic rings. The molecule has 0 aliphatic carbocycles. The molecule has 120 valence electrons. The van der Waals surface area contributed by atoms with E-state index in [4.69, 9.17) is 4.98 Å². The maximum absolute atomic E-state index is 4.81. The van der Waals surface area contributed by atoms with Gasteiger partial charge < -0.3 is 9.97 Å². The second kappa shape index (κ2) is 5.31. The Balaban J connectivity index is 1.66. The van der Waals surface area contributed by atoms with Crippen molar-refractivity contribution < 1.29 is 0 Å². The summed E-state index contributed by atoms with van der Waals surface area (Å²) < 4.78 is 0. The molecule has 5 rings (SSSR count). The van der Waals surface area contributed by atoms with E-state index in [-0.39, 0.29) is 0 Å². The Kier molecular flexibility index (Phi) is 2.97. The van der Waals surface area contributed by atoms with Crippen molar-refractivity contribution in [3.8, 4) is 22.6 Å². The van der Waals surface area contributed by atoms with E-state index in [1.165, 1.54) is 16.3 Å². The van der Waals surface area contributed by atoms with Crippen LogP contribution in [-0.2, 0) is 0 Å². The van der Waals surface area contributed by atoms with E-state index in [2.05, 4.69) is 64.3 Å². The fraction of sp³-hybridized carbons (Fsp3) is 0.0476. The molecule has 0 saturated carbocycles. The van der Waals surface area contributed by atoms with Gasteiger partial charge in [-0.25, -0.2) is 9.97 Å². The minimum atomic E-state index is 0.732. The Labute approximate surface area is 144 Å². The van der Waals surface area contributed by atoms with Gasteiger partial charge in [-0.1, -0.05) is 30.3 Å². The van der Waals surface area contributed by atoms with Crippen molar-refractivity contribution in [2.75, 3.05) is 0 Å². The Bertz CT molecular complexity index is 1210. The van der Waals surface area contributed by atoms with Crippen LogP contribution in [0.15, 0.2) is 67.1 Å². The summed E-state index contributed by atoms with van der Waals surface area (Å²) in [6, 6.07) is 16.6. The van der Waals surface area contributed by atoms with Crippen molar-refractivity contribution in [1.29, 1.82) is 0 Å². The van der Waals surface area contributed by atoms with E-state index in [9.17, 15) is 0 Å². The first-order valence-corrected chi connectivity index (χ1v) is 8.27. The van der Waals surface area contributed by atoms with Gasteiger partial charge in [0.05, 0.1) is 5.69 Å². The van der Waals surface area contributed by atoms with Crippen molar-refractivity contribution in [3.05, 3.63) is 72.7 Å². The summed E-state index contributed by atoms with van der Waals surface area (Å²) in [6.07, 6.45) is 5.79. The Morgan fingerprint density at radius 3 is 2.88 bits per heavy atom. The molecule has 0 bridgehead atoms. The van der Waals surface area contributed by atoms with E-state index in [0.29, 0.717) is 0 Å². The minimum Gasteiger partial charge on any atom is -0.361 e. The number of benzene rings is 2. The third-order valence-electron chi connectivity index (χ3n) is 4.67. The lowest BCUT2D eigenvalue weighted by Crippen LogP contribution is -1.91. The van der Waals surface area contributed by atoms with Gasteiger partial charge in [0, 0.05) is 46.1 Å². The summed E-state index contributed by atoms with van der Waals surface area (Å²) >= 11 is 0. The van der Waals surface area contributed by atoms with Gasteiger partial charge in [0.1, 0.15) is 0 Å². The van der Waals surface area contributed by atoms with Crippen LogP contribution in [0.3, 0.4) is 0 Å². The lowest BCUT2D eigenvalue weighted by atomic mass is 10.1. The third kappa shape index (κ3) is 2.22. The molecule has 25 heavy (non-hydrogen) atoms. The first-order valence-electron chi connectivity index (χ1n) is 8.27. The number of aromatic amines is 2. The summed E-state index contributed by atoms with van der Waals surface area (Å²) in [4.78, 5) is 15.9. The van der Waals surface area contributed by atoms with Crippen molar-refractivity contribution in [2.45, 2.75) is 6.92 Å². The number of nitrogens with zero attached hydrogens (tertiary/aromatic N) is 2. The zero-order chi connectivity index (χ0) is 16.8. The molecule has 0 saturated heterocycles. The number of fused-ring (bicyclic) bond motifs is 2. The molecule has 0 aliphatic heterocycles. The van der Waals surface area contributed by atoms with Gasteiger partial charge in [-0.3, -0.25) is 0 Å². The number of aryl methyl sites for hydroxylation is 1. The second-order valence-electron chi connectivity index (χ2n) is 6.25. The maximum atomic E-state index is 4.81. The predicted molar refractivity (Wildman–Crippen MR) is 101 cm³/mol. The van der Waals surface area contributed by atoms with Crippen molar-refractivity contribution in [3.63, 3.8) is 0 Å². The first-order chi connectivity index (χ1) is 12.3. The van der Waals surface area contributed by atoms with Crippen molar-refractivity contribution >= 4 is 21.8 Å². The lowest BCUT2D eigenvalue weighted by Gasteiger charge is -2.04. The number of aromatic nitrogens is 4. The molecular formula is C21H16N4. The molecule has 0 spiro atoms. The lowest BCUT2D eigenvalue weighted by molar-refractivity contribution is 1.18. The SMILES string of the molecule is Cc1cccc2c(-c3ccnc(-c4ccc5cc[nH]c5c4)n3)c[nH]c12. The van der Waals surface area contributed by atoms with Crippen molar-refractivity contribution in [2.24, 2.45) is 0 Å². The number of para-hydroxylation sites is 1. The van der Waals surface area contributed by atoms with Crippen LogP contribution in [0, 0.1) is 6.92 Å². The number of hydrogen-bond donors (Lipinski definition) is 2. The quantitative estimate of drug-likeness (QED) is 0.475. The van der Waals surface area contributed by atoms with E-state index < -0.39 is 0 Å². The van der Waals surface area contributed by atoms with Crippen LogP contribution < -0.4 is 0 Å². The fourth-order valence-electron chi connectivity index (χ4n) is 3.35. The van der Waals surface area contributed by atoms with Crippen LogP contribution in [0.5, 0.6) is 0 Å². The second-order valence-corrected chi connectivity index (χ2v) is 6.25. The summed E-state index contributed by atoms with van der Waals surface area (Å²) in [5, 5.41) is 2.37. The molecule has 3 heterocycles. The number of H-pyrrole nitrogens is 2. The highest BCUT2D eigenvalue weighted by Gasteiger charge is 2.11. The Hall–Kier alpha value is -3.40. The van der Waals surface area contributed by atoms with Crippen LogP contribution in [0.2, 0.25) is 0 Å². The van der Waals surface area contributed by atoms with Crippen LogP contribution in [0.25, 0.3) is 44.5 Å². The van der Waals surface area contributed by atoms with Crippen molar-refractivity contribution in [1.82, 2.24) is 19.9 Å². The highest BCUT2D eigenvalue weighted by molar-refractivity contribution is 5.96. The van der Waals surface area contributed by atoms with Crippen LogP contribution in [0.4, 0.5) is 0 Å². The smallest absolute Gasteiger partial charge is 0.159 e. The van der Waals surface area contributed by atoms with Crippen LogP contribution in [0.1, 0.15) is 5.56 Å². The van der Waals surface area contributed by atoms with E-state index in [1.807, 2.05) is 24.7 Å². The summed E-state index contributed by atoms with van der Waals surface area (Å²) in [5.74, 6) is 0.732. The summed E-state index contributed by atoms with van der Waals surface area (Å²) in [5.41, 5.74) is 6.51. The van der Waals surface area contributed by atoms with Crippen LogP contribution >= 0.6 is 0 Å². The largest absolute Gasteiger partial charge is 0.361 e. The zero-order valence-corrected chi connectivity index (χ0v) is 13.7. The standard InChI is InChI=1S/C21H16N4/c1-13-3-2-4-16-17(12-24-20(13)16)18-8-10-23-21(25-18)15-6-5-14-7-9-22-19(14)11-15/h2-12,22,24H,1H3.